The molecule has 0 saturated carbocycles. The Morgan fingerprint density at radius 3 is 1.41 bits per heavy atom. The maximum absolute atomic E-state index is 2.31. The largest absolute Gasteiger partial charge is 0.0622 e. The lowest BCUT2D eigenvalue weighted by Gasteiger charge is -2.14. The summed E-state index contributed by atoms with van der Waals surface area (Å²) >= 11 is 0. The van der Waals surface area contributed by atoms with Crippen molar-refractivity contribution in [1.29, 1.82) is 0 Å². The first-order valence-electron chi connectivity index (χ1n) is 11.8. The fraction of sp³-hybridized carbons (Fsp3) is 0. The van der Waals surface area contributed by atoms with Crippen LogP contribution in [0, 0.1) is 0 Å². The number of benzene rings is 6. The monoisotopic (exact) mass is 430 g/mol. The molecule has 0 radical (unpaired) electrons. The lowest BCUT2D eigenvalue weighted by Crippen LogP contribution is -1.88. The van der Waals surface area contributed by atoms with Gasteiger partial charge in [0.05, 0.1) is 0 Å². The SMILES string of the molecule is c1ccc(-c2ccc(-c3ccccc3-c3ccc4c5c(cccc35)-c3ccccc3-4)cc2)cc1. The molecule has 6 aromatic carbocycles. The summed E-state index contributed by atoms with van der Waals surface area (Å²) in [4.78, 5) is 0. The molecule has 0 amide bonds. The fourth-order valence-corrected chi connectivity index (χ4v) is 5.49. The molecule has 1 aliphatic rings. The third-order valence-corrected chi connectivity index (χ3v) is 7.07. The summed E-state index contributed by atoms with van der Waals surface area (Å²) in [6.07, 6.45) is 0. The predicted molar refractivity (Wildman–Crippen MR) is 145 cm³/mol. The predicted octanol–water partition coefficient (Wildman–Crippen LogP) is 9.49. The third kappa shape index (κ3) is 2.86. The van der Waals surface area contributed by atoms with Crippen LogP contribution in [0.5, 0.6) is 0 Å². The molecule has 7 rings (SSSR count). The first-order valence-corrected chi connectivity index (χ1v) is 11.8. The Hall–Kier alpha value is -4.42. The molecular weight excluding hydrogens is 408 g/mol. The van der Waals surface area contributed by atoms with E-state index in [1.165, 1.54) is 66.4 Å². The topological polar surface area (TPSA) is 0 Å². The van der Waals surface area contributed by atoms with Gasteiger partial charge in [-0.3, -0.25) is 0 Å². The minimum atomic E-state index is 1.24. The molecule has 34 heavy (non-hydrogen) atoms. The minimum absolute atomic E-state index is 1.24. The van der Waals surface area contributed by atoms with Crippen LogP contribution in [0.1, 0.15) is 0 Å². The molecule has 0 N–H and O–H groups in total. The molecule has 6 aromatic rings. The second-order valence-corrected chi connectivity index (χ2v) is 8.92. The van der Waals surface area contributed by atoms with Gasteiger partial charge in [-0.1, -0.05) is 133 Å². The zero-order chi connectivity index (χ0) is 22.5. The van der Waals surface area contributed by atoms with Crippen LogP contribution in [0.15, 0.2) is 133 Å². The maximum atomic E-state index is 2.31. The highest BCUT2D eigenvalue weighted by Crippen LogP contribution is 2.49. The molecule has 0 fully saturated rings. The maximum Gasteiger partial charge on any atom is -0.00201 e. The van der Waals surface area contributed by atoms with Gasteiger partial charge in [-0.25, -0.2) is 0 Å². The molecule has 1 aliphatic carbocycles. The summed E-state index contributed by atoms with van der Waals surface area (Å²) in [7, 11) is 0. The van der Waals surface area contributed by atoms with Gasteiger partial charge < -0.3 is 0 Å². The molecule has 0 atom stereocenters. The quantitative estimate of drug-likeness (QED) is 0.262. The molecule has 0 aliphatic heterocycles. The third-order valence-electron chi connectivity index (χ3n) is 7.07. The van der Waals surface area contributed by atoms with Crippen molar-refractivity contribution in [3.8, 4) is 55.6 Å². The Morgan fingerprint density at radius 1 is 0.235 bits per heavy atom. The van der Waals surface area contributed by atoms with Crippen LogP contribution in [0.3, 0.4) is 0 Å². The molecule has 0 heteroatoms. The molecule has 0 aromatic heterocycles. The van der Waals surface area contributed by atoms with Gasteiger partial charge in [0.1, 0.15) is 0 Å². The van der Waals surface area contributed by atoms with Gasteiger partial charge in [-0.05, 0) is 66.4 Å². The van der Waals surface area contributed by atoms with Crippen molar-refractivity contribution in [2.45, 2.75) is 0 Å². The Morgan fingerprint density at radius 2 is 0.706 bits per heavy atom. The van der Waals surface area contributed by atoms with Crippen molar-refractivity contribution in [2.24, 2.45) is 0 Å². The lowest BCUT2D eigenvalue weighted by atomic mass is 9.89. The molecule has 0 saturated heterocycles. The van der Waals surface area contributed by atoms with Crippen LogP contribution < -0.4 is 0 Å². The van der Waals surface area contributed by atoms with Gasteiger partial charge in [0.15, 0.2) is 0 Å². The standard InChI is InChI=1S/C34H22/c1-2-9-23(10-3-1)24-17-19-25(20-18-24)26-11-4-5-12-27(26)30-21-22-33-29-14-7-6-13-28(29)31-15-8-16-32(30)34(31)33/h1-22H. The van der Waals surface area contributed by atoms with E-state index in [4.69, 9.17) is 0 Å². The molecule has 0 heterocycles. The summed E-state index contributed by atoms with van der Waals surface area (Å²) in [6.45, 7) is 0. The average molecular weight is 431 g/mol. The van der Waals surface area contributed by atoms with E-state index in [9.17, 15) is 0 Å². The Kier molecular flexibility index (Phi) is 4.25. The van der Waals surface area contributed by atoms with E-state index >= 15 is 0 Å². The average Bonchev–Trinajstić information content (AvgIpc) is 3.25. The number of hydrogen-bond acceptors (Lipinski definition) is 0. The first-order chi connectivity index (χ1) is 16.9. The summed E-state index contributed by atoms with van der Waals surface area (Å²) in [6, 6.07) is 48.4. The molecule has 0 nitrogen and oxygen atoms in total. The van der Waals surface area contributed by atoms with Gasteiger partial charge in [-0.15, -0.1) is 0 Å². The van der Waals surface area contributed by atoms with E-state index in [0.717, 1.165) is 0 Å². The van der Waals surface area contributed by atoms with Gasteiger partial charge >= 0.3 is 0 Å². The van der Waals surface area contributed by atoms with Crippen LogP contribution in [-0.2, 0) is 0 Å². The zero-order valence-electron chi connectivity index (χ0n) is 18.7. The summed E-state index contributed by atoms with van der Waals surface area (Å²) in [5.41, 5.74) is 12.9. The smallest absolute Gasteiger partial charge is 0.00201 e. The van der Waals surface area contributed by atoms with Gasteiger partial charge in [0.2, 0.25) is 0 Å². The second kappa shape index (κ2) is 7.57. The second-order valence-electron chi connectivity index (χ2n) is 8.92. The highest BCUT2D eigenvalue weighted by Gasteiger charge is 2.22. The van der Waals surface area contributed by atoms with Crippen LogP contribution in [0.4, 0.5) is 0 Å². The normalized spacial score (nSPS) is 11.5. The van der Waals surface area contributed by atoms with Crippen molar-refractivity contribution in [3.05, 3.63) is 133 Å². The van der Waals surface area contributed by atoms with Crippen molar-refractivity contribution in [3.63, 3.8) is 0 Å². The molecule has 0 unspecified atom stereocenters. The number of hydrogen-bond donors (Lipinski definition) is 0. The fourth-order valence-electron chi connectivity index (χ4n) is 5.49. The van der Waals surface area contributed by atoms with E-state index in [1.807, 2.05) is 0 Å². The van der Waals surface area contributed by atoms with Crippen molar-refractivity contribution >= 4 is 10.8 Å². The minimum Gasteiger partial charge on any atom is -0.0622 e. The van der Waals surface area contributed by atoms with E-state index in [-0.39, 0.29) is 0 Å². The van der Waals surface area contributed by atoms with Crippen LogP contribution in [0.25, 0.3) is 66.4 Å². The van der Waals surface area contributed by atoms with Crippen LogP contribution in [-0.4, -0.2) is 0 Å². The molecular formula is C34H22. The highest BCUT2D eigenvalue weighted by molar-refractivity contribution is 6.19. The van der Waals surface area contributed by atoms with Crippen molar-refractivity contribution in [1.82, 2.24) is 0 Å². The van der Waals surface area contributed by atoms with E-state index in [2.05, 4.69) is 133 Å². The Bertz CT molecular complexity index is 1640. The summed E-state index contributed by atoms with van der Waals surface area (Å²) in [5.74, 6) is 0. The number of fused-ring (bicyclic) bond motifs is 3. The van der Waals surface area contributed by atoms with E-state index < -0.39 is 0 Å². The molecule has 0 bridgehead atoms. The highest BCUT2D eigenvalue weighted by atomic mass is 14.3. The first kappa shape index (κ1) is 19.1. The van der Waals surface area contributed by atoms with Gasteiger partial charge in [0, 0.05) is 0 Å². The van der Waals surface area contributed by atoms with Crippen molar-refractivity contribution < 1.29 is 0 Å². The number of rotatable bonds is 3. The summed E-state index contributed by atoms with van der Waals surface area (Å²) < 4.78 is 0. The zero-order valence-corrected chi connectivity index (χ0v) is 18.7. The van der Waals surface area contributed by atoms with Gasteiger partial charge in [-0.2, -0.15) is 0 Å². The summed E-state index contributed by atoms with van der Waals surface area (Å²) in [5, 5.41) is 2.69. The van der Waals surface area contributed by atoms with Crippen LogP contribution >= 0.6 is 0 Å². The van der Waals surface area contributed by atoms with Crippen LogP contribution in [0.2, 0.25) is 0 Å². The molecule has 0 spiro atoms. The van der Waals surface area contributed by atoms with E-state index in [0.29, 0.717) is 0 Å². The van der Waals surface area contributed by atoms with Gasteiger partial charge in [0.25, 0.3) is 0 Å². The lowest BCUT2D eigenvalue weighted by molar-refractivity contribution is 1.58. The van der Waals surface area contributed by atoms with Crippen molar-refractivity contribution in [2.75, 3.05) is 0 Å². The Labute approximate surface area is 199 Å². The Balaban J connectivity index is 1.40. The molecule has 158 valence electrons. The van der Waals surface area contributed by atoms with E-state index in [1.54, 1.807) is 0 Å².